The lowest BCUT2D eigenvalue weighted by molar-refractivity contribution is 0.483. The van der Waals surface area contributed by atoms with Gasteiger partial charge in [0.15, 0.2) is 0 Å². The fraction of sp³-hybridized carbons (Fsp3) is 1.00. The first-order chi connectivity index (χ1) is 3.06. The zero-order chi connectivity index (χ0) is 5.91. The van der Waals surface area contributed by atoms with E-state index in [1.807, 2.05) is 0 Å². The third kappa shape index (κ3) is 9.81. The average Bonchev–Trinajstić information content (AvgIpc) is 1.30. The van der Waals surface area contributed by atoms with Gasteiger partial charge >= 0.3 is 0 Å². The van der Waals surface area contributed by atoms with E-state index in [-0.39, 0.29) is 35.4 Å². The summed E-state index contributed by atoms with van der Waals surface area (Å²) in [5.41, 5.74) is 4.78. The highest BCUT2D eigenvalue weighted by Gasteiger charge is 1.98. The van der Waals surface area contributed by atoms with Crippen LogP contribution in [0.3, 0.4) is 0 Å². The Balaban J connectivity index is 0. The van der Waals surface area contributed by atoms with E-state index < -0.39 is 10.1 Å². The Bertz CT molecular complexity index is 130. The van der Waals surface area contributed by atoms with Crippen molar-refractivity contribution in [1.82, 2.24) is 0 Å². The lowest BCUT2D eigenvalue weighted by atomic mass is 10.8. The molecule has 2 radical (unpaired) electrons. The van der Waals surface area contributed by atoms with Crippen LogP contribution in [-0.4, -0.2) is 48.3 Å². The zero-order valence-corrected chi connectivity index (χ0v) is 6.60. The summed E-state index contributed by atoms with van der Waals surface area (Å²) in [5, 5.41) is 0. The van der Waals surface area contributed by atoms with Crippen LogP contribution in [0.1, 0.15) is 0 Å². The maximum Gasteiger partial charge on any atom is 0.266 e. The van der Waals surface area contributed by atoms with Crippen LogP contribution in [0.15, 0.2) is 0 Å². The van der Waals surface area contributed by atoms with E-state index in [1.165, 1.54) is 0 Å². The summed E-state index contributed by atoms with van der Waals surface area (Å²) in [6, 6.07) is 0. The normalized spacial score (nSPS) is 10.2. The molecule has 8 heavy (non-hydrogen) atoms. The van der Waals surface area contributed by atoms with Crippen LogP contribution in [0.4, 0.5) is 0 Å². The fourth-order valence-electron chi connectivity index (χ4n) is 0.149. The molecular weight excluding hydrogens is 142 g/mol. The molecule has 0 aromatic carbocycles. The van der Waals surface area contributed by atoms with Gasteiger partial charge in [0, 0.05) is 29.6 Å². The molecule has 0 saturated heterocycles. The molecular formula is C2H7MgNO3S. The molecule has 0 aliphatic carbocycles. The van der Waals surface area contributed by atoms with Gasteiger partial charge in [0.05, 0.1) is 5.75 Å². The first-order valence-corrected chi connectivity index (χ1v) is 3.32. The maximum atomic E-state index is 9.71. The predicted octanol–water partition coefficient (Wildman–Crippen LogP) is -1.55. The second kappa shape index (κ2) is 4.51. The molecule has 0 aliphatic heterocycles. The van der Waals surface area contributed by atoms with E-state index in [9.17, 15) is 8.42 Å². The van der Waals surface area contributed by atoms with Gasteiger partial charge in [-0.25, -0.2) is 0 Å². The van der Waals surface area contributed by atoms with Crippen LogP contribution < -0.4 is 5.73 Å². The zero-order valence-electron chi connectivity index (χ0n) is 4.37. The van der Waals surface area contributed by atoms with Crippen molar-refractivity contribution in [3.05, 3.63) is 0 Å². The highest BCUT2D eigenvalue weighted by Crippen LogP contribution is 1.74. The number of hydrogen-bond acceptors (Lipinski definition) is 3. The van der Waals surface area contributed by atoms with Gasteiger partial charge in [0.25, 0.3) is 10.1 Å². The lowest BCUT2D eigenvalue weighted by Gasteiger charge is -1.86. The highest BCUT2D eigenvalue weighted by atomic mass is 32.2. The Morgan fingerprint density at radius 1 is 1.50 bits per heavy atom. The summed E-state index contributed by atoms with van der Waals surface area (Å²) in [6.45, 7) is -0.0289. The van der Waals surface area contributed by atoms with Gasteiger partial charge in [0.1, 0.15) is 0 Å². The molecule has 0 aromatic rings. The van der Waals surface area contributed by atoms with Crippen LogP contribution in [0.25, 0.3) is 0 Å². The van der Waals surface area contributed by atoms with Crippen LogP contribution >= 0.6 is 0 Å². The number of nitrogens with two attached hydrogens (primary N) is 1. The van der Waals surface area contributed by atoms with E-state index in [0.717, 1.165) is 0 Å². The molecule has 0 aromatic heterocycles. The summed E-state index contributed by atoms with van der Waals surface area (Å²) in [5.74, 6) is -0.354. The van der Waals surface area contributed by atoms with Crippen LogP contribution in [0, 0.1) is 0 Å². The molecule has 4 nitrogen and oxygen atoms in total. The molecule has 0 aliphatic rings. The number of hydrogen-bond donors (Lipinski definition) is 2. The SMILES string of the molecule is NCCS(=O)(=O)O.[Mg]. The van der Waals surface area contributed by atoms with Crippen molar-refractivity contribution in [3.8, 4) is 0 Å². The molecule has 0 amide bonds. The summed E-state index contributed by atoms with van der Waals surface area (Å²) < 4.78 is 27.3. The van der Waals surface area contributed by atoms with Gasteiger partial charge in [-0.1, -0.05) is 0 Å². The first kappa shape index (κ1) is 11.4. The minimum Gasteiger partial charge on any atom is -0.329 e. The third-order valence-corrected chi connectivity index (χ3v) is 1.13. The molecule has 46 valence electrons. The third-order valence-electron chi connectivity index (χ3n) is 0.376. The quantitative estimate of drug-likeness (QED) is 0.368. The smallest absolute Gasteiger partial charge is 0.266 e. The molecule has 0 heterocycles. The molecule has 3 N–H and O–H groups in total. The lowest BCUT2D eigenvalue weighted by Crippen LogP contribution is -2.13. The van der Waals surface area contributed by atoms with Gasteiger partial charge < -0.3 is 5.73 Å². The topological polar surface area (TPSA) is 80.4 Å². The minimum absolute atomic E-state index is 0. The Kier molecular flexibility index (Phi) is 6.45. The maximum absolute atomic E-state index is 9.71. The highest BCUT2D eigenvalue weighted by molar-refractivity contribution is 7.85. The molecule has 6 heteroatoms. The second-order valence-corrected chi connectivity index (χ2v) is 2.65. The van der Waals surface area contributed by atoms with Gasteiger partial charge in [-0.2, -0.15) is 8.42 Å². The fourth-order valence-corrected chi connectivity index (χ4v) is 0.447. The molecule has 0 bridgehead atoms. The molecule has 0 atom stereocenters. The van der Waals surface area contributed by atoms with Gasteiger partial charge in [-0.3, -0.25) is 4.55 Å². The Labute approximate surface area is 64.3 Å². The summed E-state index contributed by atoms with van der Waals surface area (Å²) >= 11 is 0. The standard InChI is InChI=1S/C2H7NO3S.Mg/c3-1-2-7(4,5)6;/h1-3H2,(H,4,5,6);. The van der Waals surface area contributed by atoms with E-state index in [0.29, 0.717) is 0 Å². The molecule has 0 saturated carbocycles. The summed E-state index contributed by atoms with van der Waals surface area (Å²) in [4.78, 5) is 0. The van der Waals surface area contributed by atoms with Crippen molar-refractivity contribution in [2.75, 3.05) is 12.3 Å². The van der Waals surface area contributed by atoms with Crippen molar-refractivity contribution in [1.29, 1.82) is 0 Å². The van der Waals surface area contributed by atoms with E-state index in [4.69, 9.17) is 10.3 Å². The average molecular weight is 149 g/mol. The van der Waals surface area contributed by atoms with E-state index in [1.54, 1.807) is 0 Å². The van der Waals surface area contributed by atoms with Crippen molar-refractivity contribution in [3.63, 3.8) is 0 Å². The molecule has 0 fully saturated rings. The van der Waals surface area contributed by atoms with Gasteiger partial charge in [0.2, 0.25) is 0 Å². The van der Waals surface area contributed by atoms with Gasteiger partial charge in [-0.05, 0) is 0 Å². The van der Waals surface area contributed by atoms with Crippen LogP contribution in [0.5, 0.6) is 0 Å². The largest absolute Gasteiger partial charge is 0.329 e. The van der Waals surface area contributed by atoms with Crippen LogP contribution in [0.2, 0.25) is 0 Å². The van der Waals surface area contributed by atoms with Crippen molar-refractivity contribution >= 4 is 33.2 Å². The summed E-state index contributed by atoms with van der Waals surface area (Å²) in [7, 11) is -3.80. The minimum atomic E-state index is -3.80. The summed E-state index contributed by atoms with van der Waals surface area (Å²) in [6.07, 6.45) is 0. The Morgan fingerprint density at radius 2 is 1.88 bits per heavy atom. The number of rotatable bonds is 2. The van der Waals surface area contributed by atoms with E-state index in [2.05, 4.69) is 0 Å². The first-order valence-electron chi connectivity index (χ1n) is 1.71. The van der Waals surface area contributed by atoms with Crippen LogP contribution in [-0.2, 0) is 10.1 Å². The molecule has 0 rings (SSSR count). The Morgan fingerprint density at radius 3 is 1.88 bits per heavy atom. The molecule has 0 unspecified atom stereocenters. The van der Waals surface area contributed by atoms with Crippen molar-refractivity contribution in [2.24, 2.45) is 5.73 Å². The second-order valence-electron chi connectivity index (χ2n) is 1.07. The van der Waals surface area contributed by atoms with E-state index >= 15 is 0 Å². The predicted molar refractivity (Wildman–Crippen MR) is 31.2 cm³/mol. The van der Waals surface area contributed by atoms with Crippen molar-refractivity contribution in [2.45, 2.75) is 0 Å². The van der Waals surface area contributed by atoms with Crippen molar-refractivity contribution < 1.29 is 13.0 Å². The molecule has 0 spiro atoms. The van der Waals surface area contributed by atoms with Gasteiger partial charge in [-0.15, -0.1) is 0 Å². The monoisotopic (exact) mass is 149 g/mol. The Hall–Kier alpha value is 0.636.